The summed E-state index contributed by atoms with van der Waals surface area (Å²) in [6, 6.07) is 3.34. The van der Waals surface area contributed by atoms with Gasteiger partial charge >= 0.3 is 5.97 Å². The van der Waals surface area contributed by atoms with Crippen molar-refractivity contribution in [2.45, 2.75) is 6.61 Å². The first-order valence-corrected chi connectivity index (χ1v) is 5.28. The standard InChI is InChI=1S/C12H10O6/c1-15-4-7-6-2-9-10(17-5-16-9)3-8(6)18-11(7)12(13)14/h2-3H,4-5H2,1H3,(H,13,14). The van der Waals surface area contributed by atoms with Gasteiger partial charge in [-0.05, 0) is 6.07 Å². The van der Waals surface area contributed by atoms with E-state index in [2.05, 4.69) is 0 Å². The first kappa shape index (κ1) is 10.9. The Labute approximate surface area is 102 Å². The van der Waals surface area contributed by atoms with Crippen molar-refractivity contribution in [3.05, 3.63) is 23.5 Å². The third-order valence-electron chi connectivity index (χ3n) is 2.77. The molecule has 3 rings (SSSR count). The fraction of sp³-hybridized carbons (Fsp3) is 0.250. The van der Waals surface area contributed by atoms with Crippen molar-refractivity contribution in [1.82, 2.24) is 0 Å². The van der Waals surface area contributed by atoms with E-state index < -0.39 is 5.97 Å². The maximum Gasteiger partial charge on any atom is 0.372 e. The van der Waals surface area contributed by atoms with E-state index in [1.54, 1.807) is 12.1 Å². The van der Waals surface area contributed by atoms with Crippen LogP contribution in [0.5, 0.6) is 11.5 Å². The molecule has 0 aliphatic carbocycles. The molecular weight excluding hydrogens is 240 g/mol. The smallest absolute Gasteiger partial charge is 0.372 e. The Morgan fingerprint density at radius 3 is 2.78 bits per heavy atom. The van der Waals surface area contributed by atoms with Crippen LogP contribution in [-0.4, -0.2) is 25.0 Å². The van der Waals surface area contributed by atoms with Crippen LogP contribution in [0.25, 0.3) is 11.0 Å². The van der Waals surface area contributed by atoms with Gasteiger partial charge in [-0.1, -0.05) is 0 Å². The second kappa shape index (κ2) is 3.92. The van der Waals surface area contributed by atoms with E-state index in [0.717, 1.165) is 0 Å². The largest absolute Gasteiger partial charge is 0.475 e. The lowest BCUT2D eigenvalue weighted by molar-refractivity contribution is 0.0658. The number of rotatable bonds is 3. The Morgan fingerprint density at radius 1 is 1.39 bits per heavy atom. The number of aromatic carboxylic acids is 1. The lowest BCUT2D eigenvalue weighted by Crippen LogP contribution is -1.99. The third kappa shape index (κ3) is 1.50. The number of furan rings is 1. The van der Waals surface area contributed by atoms with Crippen LogP contribution in [0, 0.1) is 0 Å². The fourth-order valence-electron chi connectivity index (χ4n) is 2.00. The van der Waals surface area contributed by atoms with Crippen LogP contribution < -0.4 is 9.47 Å². The lowest BCUT2D eigenvalue weighted by atomic mass is 10.1. The number of carbonyl (C=O) groups is 1. The van der Waals surface area contributed by atoms with Crippen molar-refractivity contribution in [3.8, 4) is 11.5 Å². The average Bonchev–Trinajstić information content (AvgIpc) is 2.91. The van der Waals surface area contributed by atoms with Gasteiger partial charge in [-0.3, -0.25) is 0 Å². The number of ether oxygens (including phenoxy) is 3. The minimum absolute atomic E-state index is 0.115. The number of fused-ring (bicyclic) bond motifs is 2. The number of carboxylic acids is 1. The normalized spacial score (nSPS) is 13.2. The summed E-state index contributed by atoms with van der Waals surface area (Å²) in [5, 5.41) is 9.76. The zero-order chi connectivity index (χ0) is 12.7. The van der Waals surface area contributed by atoms with Gasteiger partial charge in [0.2, 0.25) is 12.6 Å². The number of hydrogen-bond acceptors (Lipinski definition) is 5. The van der Waals surface area contributed by atoms with Crippen molar-refractivity contribution in [2.75, 3.05) is 13.9 Å². The van der Waals surface area contributed by atoms with Gasteiger partial charge < -0.3 is 23.7 Å². The Hall–Kier alpha value is -2.21. The highest BCUT2D eigenvalue weighted by Crippen LogP contribution is 2.39. The summed E-state index contributed by atoms with van der Waals surface area (Å²) < 4.78 is 20.8. The summed E-state index contributed by atoms with van der Waals surface area (Å²) in [5.41, 5.74) is 0.946. The lowest BCUT2D eigenvalue weighted by Gasteiger charge is -1.99. The molecule has 0 radical (unpaired) electrons. The molecule has 0 bridgehead atoms. The van der Waals surface area contributed by atoms with Crippen LogP contribution in [0.4, 0.5) is 0 Å². The monoisotopic (exact) mass is 250 g/mol. The van der Waals surface area contributed by atoms with E-state index in [1.807, 2.05) is 0 Å². The van der Waals surface area contributed by atoms with Crippen LogP contribution >= 0.6 is 0 Å². The van der Waals surface area contributed by atoms with Crippen LogP contribution in [0.2, 0.25) is 0 Å². The molecule has 0 unspecified atom stereocenters. The summed E-state index contributed by atoms with van der Waals surface area (Å²) in [7, 11) is 1.50. The highest BCUT2D eigenvalue weighted by atomic mass is 16.7. The van der Waals surface area contributed by atoms with Gasteiger partial charge in [-0.15, -0.1) is 0 Å². The number of hydrogen-bond donors (Lipinski definition) is 1. The molecule has 18 heavy (non-hydrogen) atoms. The third-order valence-corrected chi connectivity index (χ3v) is 2.77. The average molecular weight is 250 g/mol. The summed E-state index contributed by atoms with van der Waals surface area (Å²) in [6.45, 7) is 0.321. The highest BCUT2D eigenvalue weighted by molar-refractivity contribution is 5.96. The second-order valence-electron chi connectivity index (χ2n) is 3.85. The molecule has 1 aliphatic heterocycles. The highest BCUT2D eigenvalue weighted by Gasteiger charge is 2.23. The molecule has 1 aromatic heterocycles. The molecule has 94 valence electrons. The van der Waals surface area contributed by atoms with Crippen LogP contribution in [0.3, 0.4) is 0 Å². The van der Waals surface area contributed by atoms with Crippen LogP contribution in [-0.2, 0) is 11.3 Å². The Bertz CT molecular complexity index is 627. The van der Waals surface area contributed by atoms with Gasteiger partial charge in [0.25, 0.3) is 0 Å². The molecule has 0 fully saturated rings. The number of carboxylic acid groups (broad SMARTS) is 1. The topological polar surface area (TPSA) is 78.1 Å². The van der Waals surface area contributed by atoms with Gasteiger partial charge in [0, 0.05) is 24.1 Å². The van der Waals surface area contributed by atoms with E-state index in [4.69, 9.17) is 23.7 Å². The predicted octanol–water partition coefficient (Wildman–Crippen LogP) is 2.01. The molecule has 6 nitrogen and oxygen atoms in total. The zero-order valence-electron chi connectivity index (χ0n) is 9.56. The zero-order valence-corrected chi connectivity index (χ0v) is 9.56. The molecule has 0 saturated carbocycles. The Balaban J connectivity index is 2.25. The molecule has 1 N–H and O–H groups in total. The molecule has 1 aliphatic rings. The van der Waals surface area contributed by atoms with Gasteiger partial charge in [-0.25, -0.2) is 4.79 Å². The molecule has 6 heteroatoms. The predicted molar refractivity (Wildman–Crippen MR) is 60.0 cm³/mol. The summed E-state index contributed by atoms with van der Waals surface area (Å²) >= 11 is 0. The van der Waals surface area contributed by atoms with Crippen LogP contribution in [0.1, 0.15) is 16.1 Å². The summed E-state index contributed by atoms with van der Waals surface area (Å²) in [4.78, 5) is 11.1. The number of methoxy groups -OCH3 is 1. The second-order valence-corrected chi connectivity index (χ2v) is 3.85. The molecule has 0 spiro atoms. The van der Waals surface area contributed by atoms with Crippen LogP contribution in [0.15, 0.2) is 16.5 Å². The molecule has 0 amide bonds. The fourth-order valence-corrected chi connectivity index (χ4v) is 2.00. The molecule has 1 aromatic carbocycles. The van der Waals surface area contributed by atoms with Crippen molar-refractivity contribution in [1.29, 1.82) is 0 Å². The first-order valence-electron chi connectivity index (χ1n) is 5.28. The van der Waals surface area contributed by atoms with Crippen molar-refractivity contribution >= 4 is 16.9 Å². The van der Waals surface area contributed by atoms with E-state index in [-0.39, 0.29) is 19.2 Å². The summed E-state index contributed by atoms with van der Waals surface area (Å²) in [6.07, 6.45) is 0. The Kier molecular flexibility index (Phi) is 2.38. The van der Waals surface area contributed by atoms with Crippen molar-refractivity contribution in [2.24, 2.45) is 0 Å². The minimum Gasteiger partial charge on any atom is -0.475 e. The van der Waals surface area contributed by atoms with E-state index in [0.29, 0.717) is 28.0 Å². The van der Waals surface area contributed by atoms with E-state index in [9.17, 15) is 4.79 Å². The molecule has 2 heterocycles. The first-order chi connectivity index (χ1) is 8.70. The van der Waals surface area contributed by atoms with Gasteiger partial charge in [0.1, 0.15) is 5.58 Å². The SMILES string of the molecule is COCc1c(C(=O)O)oc2cc3c(cc12)OCO3. The molecule has 2 aromatic rings. The van der Waals surface area contributed by atoms with E-state index >= 15 is 0 Å². The minimum atomic E-state index is -1.12. The van der Waals surface area contributed by atoms with Gasteiger partial charge in [0.15, 0.2) is 11.5 Å². The summed E-state index contributed by atoms with van der Waals surface area (Å²) in [5.74, 6) is -0.106. The van der Waals surface area contributed by atoms with Crippen molar-refractivity contribution < 1.29 is 28.5 Å². The quantitative estimate of drug-likeness (QED) is 0.897. The maximum atomic E-state index is 11.1. The maximum absolute atomic E-state index is 11.1. The van der Waals surface area contributed by atoms with E-state index in [1.165, 1.54) is 7.11 Å². The van der Waals surface area contributed by atoms with Crippen molar-refractivity contribution in [3.63, 3.8) is 0 Å². The molecule has 0 atom stereocenters. The number of benzene rings is 1. The Morgan fingerprint density at radius 2 is 2.11 bits per heavy atom. The van der Waals surface area contributed by atoms with Gasteiger partial charge in [0.05, 0.1) is 6.61 Å². The molecule has 0 saturated heterocycles. The van der Waals surface area contributed by atoms with Gasteiger partial charge in [-0.2, -0.15) is 0 Å². The molecular formula is C12H10O6.